The number of carboxylic acid groups (broad SMARTS) is 2. The summed E-state index contributed by atoms with van der Waals surface area (Å²) in [6.45, 7) is 3.92. The summed E-state index contributed by atoms with van der Waals surface area (Å²) < 4.78 is 0. The summed E-state index contributed by atoms with van der Waals surface area (Å²) >= 11 is 0. The third kappa shape index (κ3) is 26.5. The minimum absolute atomic E-state index is 0.0628. The van der Waals surface area contributed by atoms with Crippen LogP contribution >= 0.6 is 0 Å². The van der Waals surface area contributed by atoms with Crippen LogP contribution in [0.4, 0.5) is 0 Å². The molecule has 0 radical (unpaired) electrons. The van der Waals surface area contributed by atoms with E-state index in [2.05, 4.69) is 12.2 Å². The quantitative estimate of drug-likeness (QED) is 0.338. The van der Waals surface area contributed by atoms with Crippen LogP contribution in [0.15, 0.2) is 0 Å². The van der Waals surface area contributed by atoms with Gasteiger partial charge in [0.05, 0.1) is 0 Å². The van der Waals surface area contributed by atoms with E-state index < -0.39 is 11.9 Å². The molecule has 114 valence electrons. The van der Waals surface area contributed by atoms with Gasteiger partial charge in [0.25, 0.3) is 0 Å². The maximum Gasteiger partial charge on any atom is 0.303 e. The van der Waals surface area contributed by atoms with Crippen LogP contribution in [0.2, 0.25) is 0 Å². The van der Waals surface area contributed by atoms with Crippen LogP contribution in [0.5, 0.6) is 0 Å². The summed E-state index contributed by atoms with van der Waals surface area (Å²) in [5.41, 5.74) is 5.23. The molecular formula is C13H28N2O4. The van der Waals surface area contributed by atoms with E-state index in [1.807, 2.05) is 0 Å². The first-order chi connectivity index (χ1) is 9.04. The normalized spacial score (nSPS) is 9.58. The lowest BCUT2D eigenvalue weighted by molar-refractivity contribution is -0.139. The van der Waals surface area contributed by atoms with E-state index >= 15 is 0 Å². The Labute approximate surface area is 115 Å². The topological polar surface area (TPSA) is 113 Å². The van der Waals surface area contributed by atoms with Crippen LogP contribution in [0, 0.1) is 0 Å². The number of unbranched alkanes of at least 4 members (excludes halogenated alkanes) is 4. The Kier molecular flexibility index (Phi) is 17.9. The van der Waals surface area contributed by atoms with Crippen LogP contribution in [0.25, 0.3) is 0 Å². The fourth-order valence-corrected chi connectivity index (χ4v) is 1.33. The fourth-order valence-electron chi connectivity index (χ4n) is 1.33. The third-order valence-electron chi connectivity index (χ3n) is 2.38. The zero-order valence-electron chi connectivity index (χ0n) is 11.9. The molecule has 0 unspecified atom stereocenters. The molecule has 0 heterocycles. The average molecular weight is 276 g/mol. The van der Waals surface area contributed by atoms with Crippen molar-refractivity contribution in [1.29, 1.82) is 0 Å². The lowest BCUT2D eigenvalue weighted by atomic mass is 10.2. The number of aliphatic carboxylic acids is 2. The zero-order valence-corrected chi connectivity index (χ0v) is 11.9. The van der Waals surface area contributed by atoms with Gasteiger partial charge in [-0.05, 0) is 25.8 Å². The maximum atomic E-state index is 9.90. The van der Waals surface area contributed by atoms with Crippen LogP contribution in [0.1, 0.15) is 58.3 Å². The Hall–Kier alpha value is -1.14. The Morgan fingerprint density at radius 2 is 1.47 bits per heavy atom. The predicted molar refractivity (Wildman–Crippen MR) is 74.9 cm³/mol. The number of rotatable bonds is 11. The molecule has 0 atom stereocenters. The highest BCUT2D eigenvalue weighted by Crippen LogP contribution is 1.98. The van der Waals surface area contributed by atoms with E-state index in [-0.39, 0.29) is 12.8 Å². The van der Waals surface area contributed by atoms with Crippen LogP contribution in [-0.4, -0.2) is 35.4 Å². The fraction of sp³-hybridized carbons (Fsp3) is 0.846. The molecule has 0 aliphatic heterocycles. The molecule has 0 aliphatic rings. The minimum Gasteiger partial charge on any atom is -0.481 e. The second-order valence-corrected chi connectivity index (χ2v) is 4.26. The lowest BCUT2D eigenvalue weighted by Gasteiger charge is -1.98. The molecule has 6 heteroatoms. The first-order valence-corrected chi connectivity index (χ1v) is 6.89. The molecule has 0 saturated heterocycles. The van der Waals surface area contributed by atoms with Gasteiger partial charge in [-0.2, -0.15) is 0 Å². The highest BCUT2D eigenvalue weighted by Gasteiger charge is 1.99. The molecule has 0 bridgehead atoms. The largest absolute Gasteiger partial charge is 0.481 e. The number of hydrogen-bond donors (Lipinski definition) is 4. The Balaban J connectivity index is 0. The molecule has 0 fully saturated rings. The molecule has 0 saturated carbocycles. The lowest BCUT2D eigenvalue weighted by Crippen LogP contribution is -2.23. The van der Waals surface area contributed by atoms with Crippen molar-refractivity contribution in [2.75, 3.05) is 13.2 Å². The van der Waals surface area contributed by atoms with Crippen LogP contribution in [0.3, 0.4) is 0 Å². The van der Waals surface area contributed by atoms with Gasteiger partial charge in [-0.25, -0.2) is 0 Å². The van der Waals surface area contributed by atoms with Crippen molar-refractivity contribution in [1.82, 2.24) is 5.32 Å². The number of nitrogens with two attached hydrogens (primary N) is 1. The zero-order chi connectivity index (χ0) is 14.9. The van der Waals surface area contributed by atoms with Gasteiger partial charge in [0.15, 0.2) is 0 Å². The first kappa shape index (κ1) is 20.2. The van der Waals surface area contributed by atoms with Crippen LogP contribution < -0.4 is 11.1 Å². The number of hydrogen-bond acceptors (Lipinski definition) is 4. The van der Waals surface area contributed by atoms with Crippen molar-refractivity contribution < 1.29 is 19.8 Å². The molecule has 6 nitrogen and oxygen atoms in total. The van der Waals surface area contributed by atoms with Gasteiger partial charge in [-0.15, -0.1) is 0 Å². The minimum atomic E-state index is -0.870. The summed E-state index contributed by atoms with van der Waals surface area (Å²) in [5.74, 6) is -1.74. The van der Waals surface area contributed by atoms with E-state index in [1.165, 1.54) is 25.7 Å². The van der Waals surface area contributed by atoms with E-state index in [0.717, 1.165) is 6.54 Å². The number of carbonyl (C=O) groups is 2. The summed E-state index contributed by atoms with van der Waals surface area (Å²) in [6.07, 6.45) is 6.28. The van der Waals surface area contributed by atoms with E-state index in [1.54, 1.807) is 0 Å². The van der Waals surface area contributed by atoms with Crippen molar-refractivity contribution in [2.24, 2.45) is 5.73 Å². The number of nitrogens with one attached hydrogen (secondary N) is 1. The molecule has 19 heavy (non-hydrogen) atoms. The van der Waals surface area contributed by atoms with Crippen molar-refractivity contribution in [3.8, 4) is 0 Å². The SMILES string of the molecule is CCCCCCNCN.O=C(O)CCCCC(=O)O. The Morgan fingerprint density at radius 3 is 1.84 bits per heavy atom. The highest BCUT2D eigenvalue weighted by atomic mass is 16.4. The molecule has 5 N–H and O–H groups in total. The maximum absolute atomic E-state index is 9.90. The van der Waals surface area contributed by atoms with Gasteiger partial charge in [-0.1, -0.05) is 26.2 Å². The smallest absolute Gasteiger partial charge is 0.303 e. The van der Waals surface area contributed by atoms with Gasteiger partial charge >= 0.3 is 11.9 Å². The molecule has 0 aliphatic carbocycles. The Morgan fingerprint density at radius 1 is 0.947 bits per heavy atom. The second-order valence-electron chi connectivity index (χ2n) is 4.26. The molecule has 0 aromatic carbocycles. The summed E-state index contributed by atoms with van der Waals surface area (Å²) in [4.78, 5) is 19.8. The highest BCUT2D eigenvalue weighted by molar-refractivity contribution is 5.67. The van der Waals surface area contributed by atoms with E-state index in [9.17, 15) is 9.59 Å². The molecule has 0 spiro atoms. The third-order valence-corrected chi connectivity index (χ3v) is 2.38. The van der Waals surface area contributed by atoms with Crippen molar-refractivity contribution in [3.63, 3.8) is 0 Å². The molecular weight excluding hydrogens is 248 g/mol. The second kappa shape index (κ2) is 16.9. The van der Waals surface area contributed by atoms with Crippen molar-refractivity contribution in [2.45, 2.75) is 58.3 Å². The van der Waals surface area contributed by atoms with Crippen LogP contribution in [-0.2, 0) is 9.59 Å². The monoisotopic (exact) mass is 276 g/mol. The van der Waals surface area contributed by atoms with Gasteiger partial charge in [-0.3, -0.25) is 9.59 Å². The summed E-state index contributed by atoms with van der Waals surface area (Å²) in [6, 6.07) is 0. The van der Waals surface area contributed by atoms with Crippen molar-refractivity contribution in [3.05, 3.63) is 0 Å². The summed E-state index contributed by atoms with van der Waals surface area (Å²) in [5, 5.41) is 19.3. The van der Waals surface area contributed by atoms with Crippen molar-refractivity contribution >= 4 is 11.9 Å². The standard InChI is InChI=1S/C7H18N2.C6H10O4/c1-2-3-4-5-6-9-7-8;7-5(8)3-1-2-4-6(9)10/h9H,2-8H2,1H3;1-4H2,(H,7,8)(H,9,10). The molecule has 0 aromatic rings. The van der Waals surface area contributed by atoms with Gasteiger partial charge < -0.3 is 21.3 Å². The molecule has 0 amide bonds. The molecule has 0 aromatic heterocycles. The number of carboxylic acids is 2. The van der Waals surface area contributed by atoms with Gasteiger partial charge in [0.2, 0.25) is 0 Å². The first-order valence-electron chi connectivity index (χ1n) is 6.89. The van der Waals surface area contributed by atoms with E-state index in [0.29, 0.717) is 19.5 Å². The summed E-state index contributed by atoms with van der Waals surface area (Å²) in [7, 11) is 0. The average Bonchev–Trinajstić information content (AvgIpc) is 2.35. The predicted octanol–water partition coefficient (Wildman–Crippen LogP) is 1.79. The van der Waals surface area contributed by atoms with Gasteiger partial charge in [0, 0.05) is 19.5 Å². The van der Waals surface area contributed by atoms with Gasteiger partial charge in [0.1, 0.15) is 0 Å². The Bertz CT molecular complexity index is 201. The van der Waals surface area contributed by atoms with E-state index in [4.69, 9.17) is 15.9 Å². The molecule has 0 rings (SSSR count).